The molecule has 1 fully saturated rings. The Labute approximate surface area is 86.4 Å². The summed E-state index contributed by atoms with van der Waals surface area (Å²) in [5, 5.41) is 0. The quantitative estimate of drug-likeness (QED) is 0.649. The molecule has 1 atom stereocenters. The first-order valence-electron chi connectivity index (χ1n) is 5.40. The minimum atomic E-state index is -0.352. The van der Waals surface area contributed by atoms with Gasteiger partial charge >= 0.3 is 0 Å². The van der Waals surface area contributed by atoms with Gasteiger partial charge in [0.05, 0.1) is 5.60 Å². The number of carbonyl (C=O) groups excluding carboxylic acids is 1. The number of rotatable bonds is 3. The maximum Gasteiger partial charge on any atom is 0.167 e. The third-order valence-electron chi connectivity index (χ3n) is 2.34. The normalized spacial score (nSPS) is 21.9. The molecule has 3 heteroatoms. The van der Waals surface area contributed by atoms with E-state index in [1.54, 1.807) is 0 Å². The first kappa shape index (κ1) is 11.7. The zero-order valence-corrected chi connectivity index (χ0v) is 9.45. The lowest BCUT2D eigenvalue weighted by molar-refractivity contribution is -0.154. The van der Waals surface area contributed by atoms with E-state index >= 15 is 0 Å². The van der Waals surface area contributed by atoms with Crippen molar-refractivity contribution in [2.75, 3.05) is 13.1 Å². The van der Waals surface area contributed by atoms with Crippen LogP contribution < -0.4 is 0 Å². The van der Waals surface area contributed by atoms with Gasteiger partial charge in [-0.3, -0.25) is 9.69 Å². The molecule has 1 aliphatic rings. The second kappa shape index (κ2) is 4.89. The van der Waals surface area contributed by atoms with Crippen molar-refractivity contribution in [3.05, 3.63) is 0 Å². The Morgan fingerprint density at radius 3 is 2.21 bits per heavy atom. The van der Waals surface area contributed by atoms with Crippen molar-refractivity contribution in [1.29, 1.82) is 0 Å². The van der Waals surface area contributed by atoms with E-state index in [4.69, 9.17) is 4.74 Å². The number of hydrogen-bond donors (Lipinski definition) is 0. The van der Waals surface area contributed by atoms with E-state index in [1.807, 2.05) is 20.8 Å². The van der Waals surface area contributed by atoms with Crippen molar-refractivity contribution in [3.63, 3.8) is 0 Å². The molecule has 0 aromatic heterocycles. The third-order valence-corrected chi connectivity index (χ3v) is 2.34. The van der Waals surface area contributed by atoms with Crippen molar-refractivity contribution < 1.29 is 9.53 Å². The van der Waals surface area contributed by atoms with Gasteiger partial charge in [-0.25, -0.2) is 0 Å². The van der Waals surface area contributed by atoms with Crippen LogP contribution in [-0.4, -0.2) is 36.1 Å². The SMILES string of the molecule is CC(C)(C)OC(C=O)N1CCCCC1. The van der Waals surface area contributed by atoms with E-state index in [2.05, 4.69) is 4.90 Å². The van der Waals surface area contributed by atoms with Crippen LogP contribution in [0.4, 0.5) is 0 Å². The summed E-state index contributed by atoms with van der Waals surface area (Å²) in [7, 11) is 0. The maximum absolute atomic E-state index is 10.9. The molecule has 3 nitrogen and oxygen atoms in total. The molecule has 1 saturated heterocycles. The molecular weight excluding hydrogens is 178 g/mol. The van der Waals surface area contributed by atoms with Crippen LogP contribution in [0.15, 0.2) is 0 Å². The second-order valence-electron chi connectivity index (χ2n) is 4.85. The molecule has 0 N–H and O–H groups in total. The second-order valence-corrected chi connectivity index (χ2v) is 4.85. The molecule has 1 rings (SSSR count). The largest absolute Gasteiger partial charge is 0.350 e. The van der Waals surface area contributed by atoms with Crippen LogP contribution in [-0.2, 0) is 9.53 Å². The Morgan fingerprint density at radius 2 is 1.79 bits per heavy atom. The van der Waals surface area contributed by atoms with E-state index in [0.717, 1.165) is 19.4 Å². The molecule has 0 amide bonds. The Balaban J connectivity index is 2.47. The predicted molar refractivity (Wildman–Crippen MR) is 56.1 cm³/mol. The lowest BCUT2D eigenvalue weighted by Gasteiger charge is -2.35. The molecule has 0 aromatic carbocycles. The summed E-state index contributed by atoms with van der Waals surface area (Å²) < 4.78 is 5.68. The van der Waals surface area contributed by atoms with E-state index in [9.17, 15) is 4.79 Å². The zero-order valence-electron chi connectivity index (χ0n) is 9.45. The minimum absolute atomic E-state index is 0.247. The summed E-state index contributed by atoms with van der Waals surface area (Å²) >= 11 is 0. The van der Waals surface area contributed by atoms with Crippen molar-refractivity contribution in [3.8, 4) is 0 Å². The summed E-state index contributed by atoms with van der Waals surface area (Å²) in [4.78, 5) is 13.0. The maximum atomic E-state index is 10.9. The number of carbonyl (C=O) groups is 1. The minimum Gasteiger partial charge on any atom is -0.350 e. The Bertz CT molecular complexity index is 180. The van der Waals surface area contributed by atoms with Crippen LogP contribution in [0.2, 0.25) is 0 Å². The van der Waals surface area contributed by atoms with Crippen molar-refractivity contribution in [2.45, 2.75) is 51.9 Å². The summed E-state index contributed by atoms with van der Waals surface area (Å²) in [6, 6.07) is 0. The van der Waals surface area contributed by atoms with Gasteiger partial charge in [0, 0.05) is 13.1 Å². The van der Waals surface area contributed by atoms with E-state index in [1.165, 1.54) is 19.3 Å². The predicted octanol–water partition coefficient (Wildman–Crippen LogP) is 1.81. The average Bonchev–Trinajstić information content (AvgIpc) is 2.14. The highest BCUT2D eigenvalue weighted by atomic mass is 16.5. The summed E-state index contributed by atoms with van der Waals surface area (Å²) in [6.07, 6.45) is 4.19. The van der Waals surface area contributed by atoms with Crippen molar-refractivity contribution >= 4 is 6.29 Å². The fourth-order valence-corrected chi connectivity index (χ4v) is 1.72. The van der Waals surface area contributed by atoms with E-state index < -0.39 is 0 Å². The molecule has 1 heterocycles. The lowest BCUT2D eigenvalue weighted by atomic mass is 10.1. The third kappa shape index (κ3) is 3.76. The van der Waals surface area contributed by atoms with Crippen LogP contribution in [0.5, 0.6) is 0 Å². The number of ether oxygens (including phenoxy) is 1. The smallest absolute Gasteiger partial charge is 0.167 e. The highest BCUT2D eigenvalue weighted by molar-refractivity contribution is 5.55. The van der Waals surface area contributed by atoms with E-state index in [0.29, 0.717) is 0 Å². The molecule has 0 bridgehead atoms. The summed E-state index contributed by atoms with van der Waals surface area (Å²) in [5.41, 5.74) is -0.247. The molecule has 82 valence electrons. The van der Waals surface area contributed by atoms with Crippen LogP contribution in [0, 0.1) is 0 Å². The van der Waals surface area contributed by atoms with Gasteiger partial charge in [-0.2, -0.15) is 0 Å². The van der Waals surface area contributed by atoms with Gasteiger partial charge in [0.25, 0.3) is 0 Å². The van der Waals surface area contributed by atoms with Crippen LogP contribution in [0.25, 0.3) is 0 Å². The first-order valence-corrected chi connectivity index (χ1v) is 5.40. The molecule has 1 aliphatic heterocycles. The van der Waals surface area contributed by atoms with Gasteiger partial charge in [0.2, 0.25) is 0 Å². The molecule has 0 saturated carbocycles. The molecule has 0 radical (unpaired) electrons. The number of likely N-dealkylation sites (tertiary alicyclic amines) is 1. The van der Waals surface area contributed by atoms with Gasteiger partial charge in [-0.15, -0.1) is 0 Å². The fraction of sp³-hybridized carbons (Fsp3) is 0.909. The molecule has 0 aliphatic carbocycles. The Morgan fingerprint density at radius 1 is 1.21 bits per heavy atom. The molecular formula is C11H21NO2. The van der Waals surface area contributed by atoms with E-state index in [-0.39, 0.29) is 11.8 Å². The fourth-order valence-electron chi connectivity index (χ4n) is 1.72. The Hall–Kier alpha value is -0.410. The molecule has 0 aromatic rings. The van der Waals surface area contributed by atoms with Crippen LogP contribution in [0.3, 0.4) is 0 Å². The lowest BCUT2D eigenvalue weighted by Crippen LogP contribution is -2.45. The molecule has 1 unspecified atom stereocenters. The number of hydrogen-bond acceptors (Lipinski definition) is 3. The van der Waals surface area contributed by atoms with Crippen LogP contribution >= 0.6 is 0 Å². The average molecular weight is 199 g/mol. The standard InChI is InChI=1S/C11H21NO2/c1-11(2,3)14-10(9-13)12-7-5-4-6-8-12/h9-10H,4-8H2,1-3H3. The van der Waals surface area contributed by atoms with Crippen molar-refractivity contribution in [2.24, 2.45) is 0 Å². The van der Waals surface area contributed by atoms with Gasteiger partial charge < -0.3 is 4.74 Å². The summed E-state index contributed by atoms with van der Waals surface area (Å²) in [6.45, 7) is 7.91. The zero-order chi connectivity index (χ0) is 10.6. The topological polar surface area (TPSA) is 29.5 Å². The highest BCUT2D eigenvalue weighted by Gasteiger charge is 2.25. The number of aldehydes is 1. The molecule has 14 heavy (non-hydrogen) atoms. The van der Waals surface area contributed by atoms with Gasteiger partial charge in [0.1, 0.15) is 0 Å². The first-order chi connectivity index (χ1) is 6.53. The summed E-state index contributed by atoms with van der Waals surface area (Å²) in [5.74, 6) is 0. The highest BCUT2D eigenvalue weighted by Crippen LogP contribution is 2.16. The van der Waals surface area contributed by atoms with Crippen LogP contribution in [0.1, 0.15) is 40.0 Å². The number of piperidine rings is 1. The van der Waals surface area contributed by atoms with Gasteiger partial charge in [-0.1, -0.05) is 6.42 Å². The number of nitrogens with zero attached hydrogens (tertiary/aromatic N) is 1. The van der Waals surface area contributed by atoms with Gasteiger partial charge in [-0.05, 0) is 33.6 Å². The Kier molecular flexibility index (Phi) is 4.08. The van der Waals surface area contributed by atoms with Crippen molar-refractivity contribution in [1.82, 2.24) is 4.90 Å². The monoisotopic (exact) mass is 199 g/mol. The van der Waals surface area contributed by atoms with Gasteiger partial charge in [0.15, 0.2) is 12.5 Å². The molecule has 0 spiro atoms.